The van der Waals surface area contributed by atoms with Crippen LogP contribution in [-0.4, -0.2) is 5.75 Å². The molecule has 0 spiro atoms. The van der Waals surface area contributed by atoms with Crippen LogP contribution in [0.1, 0.15) is 0 Å². The van der Waals surface area contributed by atoms with Crippen LogP contribution in [0.15, 0.2) is 12.7 Å². The van der Waals surface area contributed by atoms with Gasteiger partial charge >= 0.3 is 5.69 Å². The van der Waals surface area contributed by atoms with Crippen LogP contribution in [0.2, 0.25) is 0 Å². The number of hydrogen-bond donors (Lipinski definition) is 0. The summed E-state index contributed by atoms with van der Waals surface area (Å²) in [4.78, 5) is 0. The van der Waals surface area contributed by atoms with E-state index in [-0.39, 0.29) is 6.08 Å². The minimum Gasteiger partial charge on any atom is -0.133 e. The van der Waals surface area contributed by atoms with E-state index in [4.69, 9.17) is 0 Å². The van der Waals surface area contributed by atoms with Crippen molar-refractivity contribution in [2.75, 3.05) is 5.75 Å². The SMILES string of the molecule is C=CCS(F)(F)(F)(F)P(OF)(OF)=S(F)F. The lowest BCUT2D eigenvalue weighted by molar-refractivity contribution is -0.0668. The summed E-state index contributed by atoms with van der Waals surface area (Å²) >= 11 is 0. The molecule has 0 saturated heterocycles. The summed E-state index contributed by atoms with van der Waals surface area (Å²) in [6.07, 6.45) is -0.152. The van der Waals surface area contributed by atoms with E-state index in [0.717, 1.165) is 0 Å². The van der Waals surface area contributed by atoms with Gasteiger partial charge in [0.1, 0.15) is 0 Å². The van der Waals surface area contributed by atoms with Crippen molar-refractivity contribution < 1.29 is 41.8 Å². The summed E-state index contributed by atoms with van der Waals surface area (Å²) < 4.78 is 103. The fourth-order valence-corrected chi connectivity index (χ4v) is 7.29. The molecule has 0 radical (unpaired) electrons. The second-order valence-electron chi connectivity index (χ2n) is 2.43. The molecule has 16 heavy (non-hydrogen) atoms. The topological polar surface area (TPSA) is 18.5 Å². The molecule has 0 aliphatic carbocycles. The molecular formula is C3H5F8O2PS2. The molecule has 0 aromatic heterocycles. The van der Waals surface area contributed by atoms with Crippen molar-refractivity contribution in [2.45, 2.75) is 0 Å². The van der Waals surface area contributed by atoms with Gasteiger partial charge in [0.25, 0.3) is 0 Å². The van der Waals surface area contributed by atoms with Crippen molar-refractivity contribution in [3.05, 3.63) is 12.7 Å². The van der Waals surface area contributed by atoms with Gasteiger partial charge in [-0.05, 0) is 9.05 Å². The monoisotopic (exact) mass is 320 g/mol. The van der Waals surface area contributed by atoms with E-state index < -0.39 is 31.7 Å². The Bertz CT molecular complexity index is 348. The Morgan fingerprint density at radius 1 is 1.12 bits per heavy atom. The van der Waals surface area contributed by atoms with Crippen LogP contribution < -0.4 is 0 Å². The lowest BCUT2D eigenvalue weighted by Crippen LogP contribution is -2.19. The van der Waals surface area contributed by atoms with Crippen molar-refractivity contribution in [1.82, 2.24) is 0 Å². The van der Waals surface area contributed by atoms with Gasteiger partial charge in [-0.15, -0.1) is 39.4 Å². The van der Waals surface area contributed by atoms with Gasteiger partial charge in [-0.2, -0.15) is 0 Å². The van der Waals surface area contributed by atoms with Crippen molar-refractivity contribution in [2.24, 2.45) is 0 Å². The summed E-state index contributed by atoms with van der Waals surface area (Å²) in [6.45, 7) is 2.47. The maximum atomic E-state index is 12.9. The average molecular weight is 320 g/mol. The zero-order chi connectivity index (χ0) is 13.3. The molecule has 0 atom stereocenters. The molecule has 0 aliphatic heterocycles. The largest absolute Gasteiger partial charge is 0.402 e. The third-order valence-corrected chi connectivity index (χ3v) is 12.9. The highest BCUT2D eigenvalue weighted by molar-refractivity contribution is 8.97. The molecule has 0 amide bonds. The van der Waals surface area contributed by atoms with Gasteiger partial charge in [0, 0.05) is 0 Å². The molecule has 0 heterocycles. The maximum absolute atomic E-state index is 12.9. The van der Waals surface area contributed by atoms with Crippen LogP contribution in [0.25, 0.3) is 0 Å². The molecule has 0 N–H and O–H groups in total. The first kappa shape index (κ1) is 16.2. The molecule has 102 valence electrons. The predicted molar refractivity (Wildman–Crippen MR) is 48.0 cm³/mol. The minimum atomic E-state index is -9.91. The van der Waals surface area contributed by atoms with Crippen molar-refractivity contribution >= 4 is 26.0 Å². The van der Waals surface area contributed by atoms with E-state index >= 15 is 0 Å². The van der Waals surface area contributed by atoms with Gasteiger partial charge in [0.05, 0.1) is 5.75 Å². The van der Waals surface area contributed by atoms with E-state index in [1.807, 2.05) is 9.46 Å². The quantitative estimate of drug-likeness (QED) is 0.381. The summed E-state index contributed by atoms with van der Waals surface area (Å²) in [7, 11) is -15.0. The van der Waals surface area contributed by atoms with Gasteiger partial charge in [-0.3, -0.25) is 0 Å². The minimum absolute atomic E-state index is 0.152. The normalized spacial score (nSPS) is 18.1. The fourth-order valence-electron chi connectivity index (χ4n) is 0.625. The van der Waals surface area contributed by atoms with Crippen LogP contribution in [0.5, 0.6) is 0 Å². The van der Waals surface area contributed by atoms with E-state index in [1.165, 1.54) is 0 Å². The van der Waals surface area contributed by atoms with E-state index in [9.17, 15) is 32.4 Å². The lowest BCUT2D eigenvalue weighted by atomic mass is 10.8. The second kappa shape index (κ2) is 3.87. The summed E-state index contributed by atoms with van der Waals surface area (Å²) in [5, 5.41) is 0. The van der Waals surface area contributed by atoms with Crippen LogP contribution in [0.4, 0.5) is 32.4 Å². The molecule has 0 aromatic carbocycles. The fraction of sp³-hybridized carbons (Fsp3) is 0.333. The molecule has 0 aromatic rings. The van der Waals surface area contributed by atoms with Crippen molar-refractivity contribution in [3.63, 3.8) is 0 Å². The summed E-state index contributed by atoms with van der Waals surface area (Å²) in [6, 6.07) is 0. The zero-order valence-corrected chi connectivity index (χ0v) is 9.62. The summed E-state index contributed by atoms with van der Waals surface area (Å²) in [5.74, 6) is -2.65. The Labute approximate surface area is 86.9 Å². The van der Waals surface area contributed by atoms with E-state index in [2.05, 4.69) is 6.58 Å². The molecule has 0 fully saturated rings. The zero-order valence-electron chi connectivity index (χ0n) is 7.10. The molecule has 0 rings (SSSR count). The lowest BCUT2D eigenvalue weighted by Gasteiger charge is -2.51. The van der Waals surface area contributed by atoms with Gasteiger partial charge in [-0.1, -0.05) is 6.08 Å². The molecular weight excluding hydrogens is 315 g/mol. The van der Waals surface area contributed by atoms with Crippen molar-refractivity contribution in [1.29, 1.82) is 0 Å². The first-order valence-corrected chi connectivity index (χ1v) is 9.15. The number of hydrogen-bond acceptors (Lipinski definition) is 2. The maximum Gasteiger partial charge on any atom is 0.402 e. The van der Waals surface area contributed by atoms with E-state index in [1.54, 1.807) is 0 Å². The van der Waals surface area contributed by atoms with Crippen LogP contribution in [0.3, 0.4) is 0 Å². The van der Waals surface area contributed by atoms with Gasteiger partial charge in [-0.25, -0.2) is 0 Å². The smallest absolute Gasteiger partial charge is 0.133 e. The van der Waals surface area contributed by atoms with Crippen LogP contribution in [0, 0.1) is 0 Å². The Kier molecular flexibility index (Phi) is 3.93. The summed E-state index contributed by atoms with van der Waals surface area (Å²) in [5.41, 5.74) is -7.23. The standard InChI is InChI=1S/C3H5F8O2PS2/c1-2-3-16(8,9,10,11)14(12-4,13-5)15(6)7/h2H,1,3H2. The Morgan fingerprint density at radius 2 is 1.50 bits per heavy atom. The Morgan fingerprint density at radius 3 is 1.69 bits per heavy atom. The molecule has 2 nitrogen and oxygen atoms in total. The number of halogens is 8. The molecule has 0 bridgehead atoms. The van der Waals surface area contributed by atoms with E-state index in [0.29, 0.717) is 0 Å². The highest BCUT2D eigenvalue weighted by atomic mass is 33.1. The van der Waals surface area contributed by atoms with Crippen LogP contribution in [-0.2, 0) is 20.3 Å². The third-order valence-electron chi connectivity index (χ3n) is 1.28. The predicted octanol–water partition coefficient (Wildman–Crippen LogP) is 5.45. The van der Waals surface area contributed by atoms with Gasteiger partial charge < -0.3 is 0 Å². The average Bonchev–Trinajstić information content (AvgIpc) is 2.02. The Hall–Kier alpha value is 0.230. The highest BCUT2D eigenvalue weighted by Gasteiger charge is 2.79. The highest BCUT2D eigenvalue weighted by Crippen LogP contribution is 3.16. The molecule has 0 aliphatic rings. The van der Waals surface area contributed by atoms with Gasteiger partial charge in [0.15, 0.2) is 0 Å². The Balaban J connectivity index is 6.35. The first-order chi connectivity index (χ1) is 6.90. The molecule has 0 saturated carbocycles. The number of rotatable bonds is 5. The molecule has 13 heteroatoms. The van der Waals surface area contributed by atoms with Crippen molar-refractivity contribution in [3.8, 4) is 0 Å². The first-order valence-electron chi connectivity index (χ1n) is 3.07. The molecule has 0 unspecified atom stereocenters. The van der Waals surface area contributed by atoms with Gasteiger partial charge in [0.2, 0.25) is 20.3 Å². The second-order valence-corrected chi connectivity index (χ2v) is 13.5. The van der Waals surface area contributed by atoms with Crippen LogP contribution >= 0.6 is 15.2 Å². The third kappa shape index (κ3) is 2.26.